The van der Waals surface area contributed by atoms with Crippen LogP contribution in [-0.4, -0.2) is 36.3 Å². The van der Waals surface area contributed by atoms with Gasteiger partial charge in [0.15, 0.2) is 6.61 Å². The van der Waals surface area contributed by atoms with Crippen molar-refractivity contribution in [1.29, 1.82) is 0 Å². The number of hydrogen-bond donors (Lipinski definition) is 1. The highest BCUT2D eigenvalue weighted by Gasteiger charge is 2.03. The van der Waals surface area contributed by atoms with Crippen molar-refractivity contribution in [2.75, 3.05) is 13.2 Å². The molecule has 2 rings (SSSR count). The lowest BCUT2D eigenvalue weighted by Gasteiger charge is -2.05. The topological polar surface area (TPSA) is 89.9 Å². The lowest BCUT2D eigenvalue weighted by molar-refractivity contribution is -0.145. The van der Waals surface area contributed by atoms with E-state index in [2.05, 4.69) is 15.5 Å². The average Bonchev–Trinajstić information content (AvgIpc) is 2.62. The van der Waals surface area contributed by atoms with Crippen LogP contribution in [0.5, 0.6) is 5.75 Å². The summed E-state index contributed by atoms with van der Waals surface area (Å²) in [6.07, 6.45) is 4.55. The molecule has 7 nitrogen and oxygen atoms in total. The van der Waals surface area contributed by atoms with E-state index in [0.29, 0.717) is 17.9 Å². The minimum atomic E-state index is -0.416. The minimum absolute atomic E-state index is 0.136. The summed E-state index contributed by atoms with van der Waals surface area (Å²) in [5, 5.41) is 3.88. The third-order valence-corrected chi connectivity index (χ3v) is 2.85. The Labute approximate surface area is 139 Å². The summed E-state index contributed by atoms with van der Waals surface area (Å²) in [7, 11) is 0. The van der Waals surface area contributed by atoms with Gasteiger partial charge in [-0.3, -0.25) is 9.78 Å². The van der Waals surface area contributed by atoms with Gasteiger partial charge in [-0.1, -0.05) is 0 Å². The van der Waals surface area contributed by atoms with Gasteiger partial charge in [0.25, 0.3) is 5.91 Å². The molecule has 0 unspecified atom stereocenters. The number of benzene rings is 1. The van der Waals surface area contributed by atoms with Gasteiger partial charge in [-0.25, -0.2) is 10.2 Å². The first-order valence-corrected chi connectivity index (χ1v) is 7.31. The normalized spacial score (nSPS) is 10.4. The standard InChI is InChI=1S/C17H17N3O4/c1-2-23-16(21)12-24-15-7-5-13(6-8-15)10-19-20-17(22)14-4-3-9-18-11-14/h3-11H,2,12H2,1H3,(H,20,22)/b19-10-. The Hall–Kier alpha value is -3.22. The van der Waals surface area contributed by atoms with Gasteiger partial charge >= 0.3 is 5.97 Å². The van der Waals surface area contributed by atoms with Gasteiger partial charge in [0.05, 0.1) is 18.4 Å². The predicted molar refractivity (Wildman–Crippen MR) is 87.9 cm³/mol. The van der Waals surface area contributed by atoms with Crippen molar-refractivity contribution in [2.45, 2.75) is 6.92 Å². The molecule has 0 bridgehead atoms. The van der Waals surface area contributed by atoms with E-state index in [1.165, 1.54) is 12.4 Å². The number of esters is 1. The third-order valence-electron chi connectivity index (χ3n) is 2.85. The lowest BCUT2D eigenvalue weighted by atomic mass is 10.2. The number of aromatic nitrogens is 1. The Morgan fingerprint density at radius 3 is 2.71 bits per heavy atom. The van der Waals surface area contributed by atoms with Crippen LogP contribution < -0.4 is 10.2 Å². The molecule has 7 heteroatoms. The van der Waals surface area contributed by atoms with Gasteiger partial charge in [-0.05, 0) is 48.9 Å². The summed E-state index contributed by atoms with van der Waals surface area (Å²) >= 11 is 0. The fourth-order valence-corrected chi connectivity index (χ4v) is 1.72. The van der Waals surface area contributed by atoms with E-state index in [9.17, 15) is 9.59 Å². The van der Waals surface area contributed by atoms with Gasteiger partial charge in [-0.2, -0.15) is 5.10 Å². The van der Waals surface area contributed by atoms with Crippen molar-refractivity contribution in [3.8, 4) is 5.75 Å². The van der Waals surface area contributed by atoms with Crippen molar-refractivity contribution in [3.05, 3.63) is 59.9 Å². The summed E-state index contributed by atoms with van der Waals surface area (Å²) in [6.45, 7) is 1.92. The van der Waals surface area contributed by atoms with E-state index in [0.717, 1.165) is 5.56 Å². The smallest absolute Gasteiger partial charge is 0.344 e. The molecule has 1 amide bonds. The maximum Gasteiger partial charge on any atom is 0.344 e. The maximum atomic E-state index is 11.8. The summed E-state index contributed by atoms with van der Waals surface area (Å²) in [4.78, 5) is 26.8. The Morgan fingerprint density at radius 2 is 2.04 bits per heavy atom. The van der Waals surface area contributed by atoms with Crippen LogP contribution >= 0.6 is 0 Å². The molecule has 1 aromatic heterocycles. The summed E-state index contributed by atoms with van der Waals surface area (Å²) in [5.74, 6) is -0.213. The first kappa shape index (κ1) is 17.1. The molecule has 2 aromatic rings. The van der Waals surface area contributed by atoms with Gasteiger partial charge < -0.3 is 9.47 Å². The largest absolute Gasteiger partial charge is 0.482 e. The fraction of sp³-hybridized carbons (Fsp3) is 0.176. The summed E-state index contributed by atoms with van der Waals surface area (Å²) in [6, 6.07) is 10.2. The number of carbonyl (C=O) groups is 2. The quantitative estimate of drug-likeness (QED) is 0.476. The van der Waals surface area contributed by atoms with Crippen molar-refractivity contribution in [2.24, 2.45) is 5.10 Å². The molecule has 0 aliphatic rings. The zero-order valence-electron chi connectivity index (χ0n) is 13.1. The molecule has 0 saturated heterocycles. The SMILES string of the molecule is CCOC(=O)COc1ccc(/C=N\NC(=O)c2cccnc2)cc1. The highest BCUT2D eigenvalue weighted by atomic mass is 16.6. The first-order chi connectivity index (χ1) is 11.7. The summed E-state index contributed by atoms with van der Waals surface area (Å²) < 4.78 is 10.0. The van der Waals surface area contributed by atoms with E-state index >= 15 is 0 Å². The van der Waals surface area contributed by atoms with Crippen LogP contribution in [-0.2, 0) is 9.53 Å². The number of nitrogens with one attached hydrogen (secondary N) is 1. The van der Waals surface area contributed by atoms with E-state index in [1.807, 2.05) is 0 Å². The van der Waals surface area contributed by atoms with Gasteiger partial charge in [0.2, 0.25) is 0 Å². The van der Waals surface area contributed by atoms with Crippen LogP contribution in [0.25, 0.3) is 0 Å². The molecule has 0 radical (unpaired) electrons. The van der Waals surface area contributed by atoms with Crippen LogP contribution in [0, 0.1) is 0 Å². The molecule has 124 valence electrons. The Bertz CT molecular complexity index is 700. The number of ether oxygens (including phenoxy) is 2. The van der Waals surface area contributed by atoms with Gasteiger partial charge in [-0.15, -0.1) is 0 Å². The minimum Gasteiger partial charge on any atom is -0.482 e. The highest BCUT2D eigenvalue weighted by Crippen LogP contribution is 2.11. The van der Waals surface area contributed by atoms with Gasteiger partial charge in [0.1, 0.15) is 5.75 Å². The maximum absolute atomic E-state index is 11.8. The van der Waals surface area contributed by atoms with Crippen molar-refractivity contribution in [1.82, 2.24) is 10.4 Å². The zero-order valence-corrected chi connectivity index (χ0v) is 13.1. The molecule has 0 spiro atoms. The monoisotopic (exact) mass is 327 g/mol. The van der Waals surface area contributed by atoms with Crippen LogP contribution in [0.3, 0.4) is 0 Å². The number of pyridine rings is 1. The highest BCUT2D eigenvalue weighted by molar-refractivity contribution is 5.94. The fourth-order valence-electron chi connectivity index (χ4n) is 1.72. The number of hydrazone groups is 1. The molecule has 1 heterocycles. The second-order valence-corrected chi connectivity index (χ2v) is 4.60. The number of amides is 1. The summed E-state index contributed by atoms with van der Waals surface area (Å²) in [5.41, 5.74) is 3.61. The third kappa shape index (κ3) is 5.53. The van der Waals surface area contributed by atoms with Crippen LogP contribution in [0.2, 0.25) is 0 Å². The molecule has 24 heavy (non-hydrogen) atoms. The van der Waals surface area contributed by atoms with E-state index in [1.54, 1.807) is 49.5 Å². The molecule has 1 N–H and O–H groups in total. The Morgan fingerprint density at radius 1 is 1.25 bits per heavy atom. The van der Waals surface area contributed by atoms with Gasteiger partial charge in [0, 0.05) is 12.4 Å². The number of hydrogen-bond acceptors (Lipinski definition) is 6. The van der Waals surface area contributed by atoms with Crippen LogP contribution in [0.1, 0.15) is 22.8 Å². The molecule has 0 saturated carbocycles. The molecular formula is C17H17N3O4. The average molecular weight is 327 g/mol. The predicted octanol–water partition coefficient (Wildman–Crippen LogP) is 1.79. The molecule has 0 fully saturated rings. The second-order valence-electron chi connectivity index (χ2n) is 4.60. The van der Waals surface area contributed by atoms with Crippen LogP contribution in [0.15, 0.2) is 53.9 Å². The van der Waals surface area contributed by atoms with Crippen molar-refractivity contribution < 1.29 is 19.1 Å². The molecule has 0 aliphatic heterocycles. The van der Waals surface area contributed by atoms with Crippen molar-refractivity contribution in [3.63, 3.8) is 0 Å². The molecule has 0 aliphatic carbocycles. The number of rotatable bonds is 7. The molecular weight excluding hydrogens is 310 g/mol. The Kier molecular flexibility index (Phi) is 6.46. The van der Waals surface area contributed by atoms with E-state index < -0.39 is 5.97 Å². The van der Waals surface area contributed by atoms with Crippen molar-refractivity contribution >= 4 is 18.1 Å². The first-order valence-electron chi connectivity index (χ1n) is 7.31. The zero-order chi connectivity index (χ0) is 17.2. The lowest BCUT2D eigenvalue weighted by Crippen LogP contribution is -2.17. The molecule has 0 atom stereocenters. The Balaban J connectivity index is 1.83. The number of nitrogens with zero attached hydrogens (tertiary/aromatic N) is 2. The second kappa shape index (κ2) is 9.04. The van der Waals surface area contributed by atoms with E-state index in [-0.39, 0.29) is 12.5 Å². The number of carbonyl (C=O) groups excluding carboxylic acids is 2. The van der Waals surface area contributed by atoms with Crippen LogP contribution in [0.4, 0.5) is 0 Å². The molecule has 1 aromatic carbocycles. The van der Waals surface area contributed by atoms with E-state index in [4.69, 9.17) is 9.47 Å².